The normalized spacial score (nSPS) is 15.8. The van der Waals surface area contributed by atoms with E-state index >= 15 is 0 Å². The number of aromatic nitrogens is 2. The Balaban J connectivity index is 1.69. The Kier molecular flexibility index (Phi) is 4.18. The number of halogens is 1. The standard InChI is InChI=1S/C13H16BrN3O3/c14-11-5-4-10(19-11)13-16-15-12(20-13)8-17(6-7-18)9-2-1-3-9/h4-5,9,18H,1-3,6-8H2. The third-order valence-corrected chi connectivity index (χ3v) is 3.99. The number of aliphatic hydroxyl groups excluding tert-OH is 1. The third-order valence-electron chi connectivity index (χ3n) is 3.57. The molecule has 1 aliphatic carbocycles. The third kappa shape index (κ3) is 2.94. The van der Waals surface area contributed by atoms with Gasteiger partial charge in [0.25, 0.3) is 5.89 Å². The maximum Gasteiger partial charge on any atom is 0.283 e. The molecular formula is C13H16BrN3O3. The maximum absolute atomic E-state index is 9.14. The van der Waals surface area contributed by atoms with Crippen molar-refractivity contribution >= 4 is 15.9 Å². The molecule has 6 nitrogen and oxygen atoms in total. The highest BCUT2D eigenvalue weighted by molar-refractivity contribution is 9.10. The predicted molar refractivity (Wildman–Crippen MR) is 74.8 cm³/mol. The quantitative estimate of drug-likeness (QED) is 0.869. The summed E-state index contributed by atoms with van der Waals surface area (Å²) in [6.07, 6.45) is 3.60. The van der Waals surface area contributed by atoms with Crippen molar-refractivity contribution in [1.82, 2.24) is 15.1 Å². The van der Waals surface area contributed by atoms with Crippen LogP contribution in [-0.2, 0) is 6.54 Å². The molecule has 0 aromatic carbocycles. The molecule has 0 saturated heterocycles. The van der Waals surface area contributed by atoms with Crippen LogP contribution in [0, 0.1) is 0 Å². The van der Waals surface area contributed by atoms with E-state index < -0.39 is 0 Å². The van der Waals surface area contributed by atoms with Crippen LogP contribution in [0.5, 0.6) is 0 Å². The van der Waals surface area contributed by atoms with E-state index in [9.17, 15) is 0 Å². The molecule has 7 heteroatoms. The second-order valence-electron chi connectivity index (χ2n) is 4.88. The Hall–Kier alpha value is -1.18. The Morgan fingerprint density at radius 2 is 2.15 bits per heavy atom. The lowest BCUT2D eigenvalue weighted by Gasteiger charge is -2.36. The summed E-state index contributed by atoms with van der Waals surface area (Å²) in [5, 5.41) is 17.2. The van der Waals surface area contributed by atoms with Gasteiger partial charge in [0.1, 0.15) is 0 Å². The fourth-order valence-electron chi connectivity index (χ4n) is 2.29. The molecule has 1 aliphatic rings. The maximum atomic E-state index is 9.14. The van der Waals surface area contributed by atoms with E-state index in [1.807, 2.05) is 0 Å². The van der Waals surface area contributed by atoms with Gasteiger partial charge in [-0.15, -0.1) is 10.2 Å². The van der Waals surface area contributed by atoms with Gasteiger partial charge in [0.15, 0.2) is 10.4 Å². The van der Waals surface area contributed by atoms with Gasteiger partial charge in [0.2, 0.25) is 5.89 Å². The Bertz CT molecular complexity index is 565. The zero-order valence-corrected chi connectivity index (χ0v) is 12.5. The second-order valence-corrected chi connectivity index (χ2v) is 5.67. The molecule has 0 radical (unpaired) electrons. The predicted octanol–water partition coefficient (Wildman–Crippen LogP) is 2.44. The number of furan rings is 1. The summed E-state index contributed by atoms with van der Waals surface area (Å²) in [5.41, 5.74) is 0. The van der Waals surface area contributed by atoms with Crippen molar-refractivity contribution in [1.29, 1.82) is 0 Å². The minimum absolute atomic E-state index is 0.141. The molecule has 1 fully saturated rings. The molecule has 108 valence electrons. The summed E-state index contributed by atoms with van der Waals surface area (Å²) < 4.78 is 11.6. The SMILES string of the molecule is OCCN(Cc1nnc(-c2ccc(Br)o2)o1)C1CCC1. The zero-order chi connectivity index (χ0) is 13.9. The van der Waals surface area contributed by atoms with Crippen LogP contribution in [0.25, 0.3) is 11.7 Å². The first-order chi connectivity index (χ1) is 9.76. The van der Waals surface area contributed by atoms with Crippen molar-refractivity contribution in [2.75, 3.05) is 13.2 Å². The molecule has 20 heavy (non-hydrogen) atoms. The molecular weight excluding hydrogens is 326 g/mol. The average molecular weight is 342 g/mol. The molecule has 1 saturated carbocycles. The van der Waals surface area contributed by atoms with Crippen molar-refractivity contribution in [3.05, 3.63) is 22.7 Å². The van der Waals surface area contributed by atoms with E-state index in [0.29, 0.717) is 41.3 Å². The number of hydrogen-bond donors (Lipinski definition) is 1. The van der Waals surface area contributed by atoms with Crippen molar-refractivity contribution in [2.24, 2.45) is 0 Å². The molecule has 0 atom stereocenters. The highest BCUT2D eigenvalue weighted by Gasteiger charge is 2.26. The van der Waals surface area contributed by atoms with Gasteiger partial charge in [-0.05, 0) is 40.9 Å². The summed E-state index contributed by atoms with van der Waals surface area (Å²) in [6, 6.07) is 4.08. The summed E-state index contributed by atoms with van der Waals surface area (Å²) in [5.74, 6) is 1.48. The largest absolute Gasteiger partial charge is 0.444 e. The van der Waals surface area contributed by atoms with Crippen LogP contribution in [0.15, 0.2) is 25.6 Å². The van der Waals surface area contributed by atoms with Crippen molar-refractivity contribution in [2.45, 2.75) is 31.8 Å². The van der Waals surface area contributed by atoms with Crippen LogP contribution in [-0.4, -0.2) is 39.4 Å². The van der Waals surface area contributed by atoms with Gasteiger partial charge in [-0.1, -0.05) is 6.42 Å². The van der Waals surface area contributed by atoms with Gasteiger partial charge >= 0.3 is 0 Å². The highest BCUT2D eigenvalue weighted by Crippen LogP contribution is 2.27. The molecule has 1 N–H and O–H groups in total. The van der Waals surface area contributed by atoms with Gasteiger partial charge < -0.3 is 13.9 Å². The molecule has 0 spiro atoms. The Morgan fingerprint density at radius 1 is 1.30 bits per heavy atom. The molecule has 0 unspecified atom stereocenters. The van der Waals surface area contributed by atoms with Crippen molar-refractivity contribution in [3.8, 4) is 11.7 Å². The number of rotatable bonds is 6. The lowest BCUT2D eigenvalue weighted by atomic mass is 9.91. The van der Waals surface area contributed by atoms with Gasteiger partial charge in [-0.3, -0.25) is 4.90 Å². The van der Waals surface area contributed by atoms with E-state index in [2.05, 4.69) is 31.0 Å². The van der Waals surface area contributed by atoms with E-state index in [0.717, 1.165) is 0 Å². The number of hydrogen-bond acceptors (Lipinski definition) is 6. The number of aliphatic hydroxyl groups is 1. The monoisotopic (exact) mass is 341 g/mol. The Morgan fingerprint density at radius 3 is 2.75 bits per heavy atom. The zero-order valence-electron chi connectivity index (χ0n) is 11.0. The summed E-state index contributed by atoms with van der Waals surface area (Å²) in [4.78, 5) is 2.19. The van der Waals surface area contributed by atoms with E-state index in [1.54, 1.807) is 12.1 Å². The average Bonchev–Trinajstić information content (AvgIpc) is 2.96. The second kappa shape index (κ2) is 6.07. The first kappa shape index (κ1) is 13.8. The topological polar surface area (TPSA) is 75.5 Å². The van der Waals surface area contributed by atoms with Gasteiger partial charge in [0.05, 0.1) is 13.2 Å². The van der Waals surface area contributed by atoms with Gasteiger partial charge in [-0.25, -0.2) is 0 Å². The van der Waals surface area contributed by atoms with Crippen molar-refractivity contribution < 1.29 is 13.9 Å². The first-order valence-corrected chi connectivity index (χ1v) is 7.48. The van der Waals surface area contributed by atoms with Gasteiger partial charge in [-0.2, -0.15) is 0 Å². The highest BCUT2D eigenvalue weighted by atomic mass is 79.9. The van der Waals surface area contributed by atoms with Crippen LogP contribution in [0.1, 0.15) is 25.2 Å². The summed E-state index contributed by atoms with van der Waals surface area (Å²) in [7, 11) is 0. The molecule has 2 heterocycles. The molecule has 0 aliphatic heterocycles. The Labute approximate surface area is 124 Å². The molecule has 0 bridgehead atoms. The van der Waals surface area contributed by atoms with E-state index in [4.69, 9.17) is 13.9 Å². The molecule has 2 aromatic rings. The first-order valence-electron chi connectivity index (χ1n) is 6.69. The van der Waals surface area contributed by atoms with E-state index in [1.165, 1.54) is 19.3 Å². The van der Waals surface area contributed by atoms with E-state index in [-0.39, 0.29) is 6.61 Å². The van der Waals surface area contributed by atoms with Crippen LogP contribution in [0.4, 0.5) is 0 Å². The number of nitrogens with zero attached hydrogens (tertiary/aromatic N) is 3. The minimum Gasteiger partial charge on any atom is -0.444 e. The molecule has 3 rings (SSSR count). The van der Waals surface area contributed by atoms with Crippen LogP contribution in [0.3, 0.4) is 0 Å². The van der Waals surface area contributed by atoms with Crippen molar-refractivity contribution in [3.63, 3.8) is 0 Å². The van der Waals surface area contributed by atoms with Crippen LogP contribution < -0.4 is 0 Å². The molecule has 0 amide bonds. The minimum atomic E-state index is 0.141. The molecule has 2 aromatic heterocycles. The van der Waals surface area contributed by atoms with Crippen LogP contribution >= 0.6 is 15.9 Å². The fourth-order valence-corrected chi connectivity index (χ4v) is 2.60. The lowest BCUT2D eigenvalue weighted by molar-refractivity contribution is 0.0862. The van der Waals surface area contributed by atoms with Gasteiger partial charge in [0, 0.05) is 12.6 Å². The fraction of sp³-hybridized carbons (Fsp3) is 0.538. The summed E-state index contributed by atoms with van der Waals surface area (Å²) in [6.45, 7) is 1.34. The summed E-state index contributed by atoms with van der Waals surface area (Å²) >= 11 is 3.24. The smallest absolute Gasteiger partial charge is 0.283 e. The lowest BCUT2D eigenvalue weighted by Crippen LogP contribution is -2.41. The van der Waals surface area contributed by atoms with Crippen LogP contribution in [0.2, 0.25) is 0 Å².